The Morgan fingerprint density at radius 3 is 2.75 bits per heavy atom. The number of methoxy groups -OCH3 is 1. The highest BCUT2D eigenvalue weighted by Gasteiger charge is 2.05. The van der Waals surface area contributed by atoms with Gasteiger partial charge in [-0.15, -0.1) is 0 Å². The predicted octanol–water partition coefficient (Wildman–Crippen LogP) is 2.77. The van der Waals surface area contributed by atoms with Gasteiger partial charge in [-0.25, -0.2) is 0 Å². The first-order valence-corrected chi connectivity index (χ1v) is 4.63. The maximum Gasteiger partial charge on any atom is 0.153 e. The maximum atomic E-state index is 10.5. The Kier molecular flexibility index (Phi) is 3.34. The second-order valence-corrected chi connectivity index (χ2v) is 3.70. The van der Waals surface area contributed by atoms with E-state index in [2.05, 4.69) is 22.6 Å². The quantitative estimate of drug-likeness (QED) is 0.619. The Morgan fingerprint density at radius 2 is 2.25 bits per heavy atom. The zero-order valence-electron chi connectivity index (χ0n) is 6.30. The van der Waals surface area contributed by atoms with Gasteiger partial charge in [0.2, 0.25) is 0 Å². The molecule has 0 radical (unpaired) electrons. The van der Waals surface area contributed by atoms with E-state index in [-0.39, 0.29) is 0 Å². The third-order valence-corrected chi connectivity index (χ3v) is 2.92. The molecule has 0 aliphatic carbocycles. The molecule has 0 N–H and O–H groups in total. The third kappa shape index (κ3) is 1.90. The molecule has 0 fully saturated rings. The molecule has 2 nitrogen and oxygen atoms in total. The van der Waals surface area contributed by atoms with Gasteiger partial charge in [0.1, 0.15) is 5.75 Å². The molecule has 1 rings (SSSR count). The van der Waals surface area contributed by atoms with Gasteiger partial charge >= 0.3 is 0 Å². The summed E-state index contributed by atoms with van der Waals surface area (Å²) in [6.07, 6.45) is 0.747. The summed E-state index contributed by atoms with van der Waals surface area (Å²) in [4.78, 5) is 10.5. The van der Waals surface area contributed by atoms with Crippen LogP contribution in [-0.2, 0) is 0 Å². The number of hydrogen-bond acceptors (Lipinski definition) is 2. The molecule has 12 heavy (non-hydrogen) atoms. The van der Waals surface area contributed by atoms with E-state index >= 15 is 0 Å². The molecule has 0 aliphatic rings. The van der Waals surface area contributed by atoms with Crippen LogP contribution in [0.4, 0.5) is 0 Å². The van der Waals surface area contributed by atoms with Gasteiger partial charge in [-0.2, -0.15) is 0 Å². The number of rotatable bonds is 2. The van der Waals surface area contributed by atoms with E-state index in [1.165, 1.54) is 7.11 Å². The minimum atomic E-state index is 0.510. The topological polar surface area (TPSA) is 26.3 Å². The lowest BCUT2D eigenvalue weighted by Crippen LogP contribution is -1.91. The first-order chi connectivity index (χ1) is 5.69. The first-order valence-electron chi connectivity index (χ1n) is 3.17. The van der Waals surface area contributed by atoms with Crippen molar-refractivity contribution in [2.24, 2.45) is 0 Å². The summed E-state index contributed by atoms with van der Waals surface area (Å²) in [6.45, 7) is 0. The molecule has 64 valence electrons. The highest BCUT2D eigenvalue weighted by Crippen LogP contribution is 2.26. The number of aldehydes is 1. The largest absolute Gasteiger partial charge is 0.496 e. The highest BCUT2D eigenvalue weighted by molar-refractivity contribution is 14.1. The number of hydrogen-bond donors (Lipinski definition) is 0. The van der Waals surface area contributed by atoms with Gasteiger partial charge in [-0.3, -0.25) is 4.79 Å². The minimum Gasteiger partial charge on any atom is -0.496 e. The molecule has 1 aromatic rings. The normalized spacial score (nSPS) is 9.58. The zero-order valence-corrected chi connectivity index (χ0v) is 9.22. The standard InChI is InChI=1S/C8H6ClIO2/c1-12-8-3-6(9)7(10)2-5(8)4-11/h2-4H,1H3. The van der Waals surface area contributed by atoms with E-state index in [9.17, 15) is 4.79 Å². The van der Waals surface area contributed by atoms with Crippen LogP contribution in [0.1, 0.15) is 10.4 Å². The fourth-order valence-corrected chi connectivity index (χ4v) is 1.46. The summed E-state index contributed by atoms with van der Waals surface area (Å²) in [5, 5.41) is 0.595. The minimum absolute atomic E-state index is 0.510. The zero-order chi connectivity index (χ0) is 9.14. The van der Waals surface area contributed by atoms with Crippen LogP contribution in [0.15, 0.2) is 12.1 Å². The van der Waals surface area contributed by atoms with Crippen LogP contribution in [0.3, 0.4) is 0 Å². The van der Waals surface area contributed by atoms with Gasteiger partial charge < -0.3 is 4.74 Å². The Hall–Kier alpha value is -0.290. The molecule has 0 heterocycles. The average molecular weight is 296 g/mol. The van der Waals surface area contributed by atoms with Crippen LogP contribution < -0.4 is 4.74 Å². The monoisotopic (exact) mass is 296 g/mol. The van der Waals surface area contributed by atoms with E-state index in [0.29, 0.717) is 16.3 Å². The Labute approximate surface area is 89.0 Å². The lowest BCUT2D eigenvalue weighted by atomic mass is 10.2. The Bertz CT molecular complexity index is 312. The van der Waals surface area contributed by atoms with Crippen LogP contribution in [-0.4, -0.2) is 13.4 Å². The molecule has 0 aromatic heterocycles. The Morgan fingerprint density at radius 1 is 1.58 bits per heavy atom. The van der Waals surface area contributed by atoms with Crippen molar-refractivity contribution in [2.45, 2.75) is 0 Å². The van der Waals surface area contributed by atoms with Gasteiger partial charge in [-0.05, 0) is 28.7 Å². The van der Waals surface area contributed by atoms with Crippen LogP contribution >= 0.6 is 34.2 Å². The number of carbonyl (C=O) groups excluding carboxylic acids is 1. The highest BCUT2D eigenvalue weighted by atomic mass is 127. The smallest absolute Gasteiger partial charge is 0.153 e. The molecular weight excluding hydrogens is 290 g/mol. The van der Waals surface area contributed by atoms with Gasteiger partial charge in [-0.1, -0.05) is 11.6 Å². The fourth-order valence-electron chi connectivity index (χ4n) is 0.813. The molecule has 0 saturated heterocycles. The van der Waals surface area contributed by atoms with Gasteiger partial charge in [0, 0.05) is 9.64 Å². The van der Waals surface area contributed by atoms with Crippen molar-refractivity contribution in [1.82, 2.24) is 0 Å². The van der Waals surface area contributed by atoms with Gasteiger partial charge in [0.05, 0.1) is 17.7 Å². The van der Waals surface area contributed by atoms with Crippen molar-refractivity contribution in [1.29, 1.82) is 0 Å². The lowest BCUT2D eigenvalue weighted by Gasteiger charge is -2.04. The van der Waals surface area contributed by atoms with Gasteiger partial charge in [0.15, 0.2) is 6.29 Å². The summed E-state index contributed by atoms with van der Waals surface area (Å²) in [7, 11) is 1.51. The predicted molar refractivity (Wildman–Crippen MR) is 56.1 cm³/mol. The number of ether oxygens (including phenoxy) is 1. The first kappa shape index (κ1) is 9.80. The molecule has 0 atom stereocenters. The van der Waals surface area contributed by atoms with Crippen molar-refractivity contribution in [3.8, 4) is 5.75 Å². The summed E-state index contributed by atoms with van der Waals surface area (Å²) < 4.78 is 5.80. The van der Waals surface area contributed by atoms with E-state index < -0.39 is 0 Å². The van der Waals surface area contributed by atoms with Crippen LogP contribution in [0.25, 0.3) is 0 Å². The third-order valence-electron chi connectivity index (χ3n) is 1.40. The molecule has 0 unspecified atom stereocenters. The lowest BCUT2D eigenvalue weighted by molar-refractivity contribution is 0.112. The maximum absolute atomic E-state index is 10.5. The Balaban J connectivity index is 3.28. The van der Waals surface area contributed by atoms with Crippen LogP contribution in [0, 0.1) is 3.57 Å². The van der Waals surface area contributed by atoms with Gasteiger partial charge in [0.25, 0.3) is 0 Å². The molecule has 0 bridgehead atoms. The average Bonchev–Trinajstić information content (AvgIpc) is 2.09. The summed E-state index contributed by atoms with van der Waals surface area (Å²) in [5.74, 6) is 0.510. The van der Waals surface area contributed by atoms with E-state index in [1.807, 2.05) is 0 Å². The molecule has 4 heteroatoms. The van der Waals surface area contributed by atoms with E-state index in [4.69, 9.17) is 16.3 Å². The molecule has 0 amide bonds. The fraction of sp³-hybridized carbons (Fsp3) is 0.125. The number of halogens is 2. The van der Waals surface area contributed by atoms with Crippen molar-refractivity contribution >= 4 is 40.5 Å². The molecule has 1 aromatic carbocycles. The van der Waals surface area contributed by atoms with E-state index in [0.717, 1.165) is 9.86 Å². The van der Waals surface area contributed by atoms with Crippen molar-refractivity contribution in [3.05, 3.63) is 26.3 Å². The summed E-state index contributed by atoms with van der Waals surface area (Å²) in [6, 6.07) is 3.32. The van der Waals surface area contributed by atoms with Crippen LogP contribution in [0.5, 0.6) is 5.75 Å². The summed E-state index contributed by atoms with van der Waals surface area (Å²) >= 11 is 7.88. The second kappa shape index (κ2) is 4.09. The SMILES string of the molecule is COc1cc(Cl)c(I)cc1C=O. The number of carbonyl (C=O) groups is 1. The molecule has 0 saturated carbocycles. The summed E-state index contributed by atoms with van der Waals surface area (Å²) in [5.41, 5.74) is 0.520. The van der Waals surface area contributed by atoms with Crippen molar-refractivity contribution in [3.63, 3.8) is 0 Å². The molecule has 0 spiro atoms. The van der Waals surface area contributed by atoms with Crippen molar-refractivity contribution < 1.29 is 9.53 Å². The van der Waals surface area contributed by atoms with Crippen molar-refractivity contribution in [2.75, 3.05) is 7.11 Å². The molecule has 0 aliphatic heterocycles. The molecular formula is C8H6ClIO2. The van der Waals surface area contributed by atoms with Crippen LogP contribution in [0.2, 0.25) is 5.02 Å². The second-order valence-electron chi connectivity index (χ2n) is 2.13. The van der Waals surface area contributed by atoms with E-state index in [1.54, 1.807) is 12.1 Å². The number of benzene rings is 1.